The van der Waals surface area contributed by atoms with Crippen molar-refractivity contribution < 1.29 is 31.8 Å². The zero-order valence-electron chi connectivity index (χ0n) is 21.5. The van der Waals surface area contributed by atoms with Gasteiger partial charge >= 0.3 is 6.11 Å². The summed E-state index contributed by atoms with van der Waals surface area (Å²) in [5.41, 5.74) is 2.10. The Morgan fingerprint density at radius 2 is 1.51 bits per heavy atom. The summed E-state index contributed by atoms with van der Waals surface area (Å²) in [6, 6.07) is 16.8. The Hall–Kier alpha value is -3.41. The fourth-order valence-electron chi connectivity index (χ4n) is 5.29. The Morgan fingerprint density at radius 1 is 0.846 bits per heavy atom. The van der Waals surface area contributed by atoms with Crippen LogP contribution in [0.3, 0.4) is 0 Å². The van der Waals surface area contributed by atoms with E-state index in [1.54, 1.807) is 6.07 Å². The van der Waals surface area contributed by atoms with Crippen molar-refractivity contribution in [1.82, 2.24) is 0 Å². The smallest absolute Gasteiger partial charge is 0.400 e. The second-order valence-electron chi connectivity index (χ2n) is 10.4. The van der Waals surface area contributed by atoms with Gasteiger partial charge in [-0.1, -0.05) is 37.3 Å². The van der Waals surface area contributed by atoms with Crippen LogP contribution in [0.5, 0.6) is 5.75 Å². The predicted molar refractivity (Wildman–Crippen MR) is 137 cm³/mol. The molecule has 1 aliphatic carbocycles. The summed E-state index contributed by atoms with van der Waals surface area (Å²) in [7, 11) is 0. The van der Waals surface area contributed by atoms with E-state index in [2.05, 4.69) is 6.92 Å². The second-order valence-corrected chi connectivity index (χ2v) is 10.4. The molecular weight excluding hydrogens is 510 g/mol. The minimum atomic E-state index is -3.46. The third-order valence-corrected chi connectivity index (χ3v) is 7.54. The maximum atomic E-state index is 15.0. The molecule has 0 unspecified atom stereocenters. The van der Waals surface area contributed by atoms with E-state index in [0.29, 0.717) is 32.0 Å². The first-order valence-electron chi connectivity index (χ1n) is 13.1. The van der Waals surface area contributed by atoms with Gasteiger partial charge in [-0.15, -0.1) is 0 Å². The van der Waals surface area contributed by atoms with Gasteiger partial charge in [-0.3, -0.25) is 0 Å². The second kappa shape index (κ2) is 11.4. The number of hydrogen-bond acceptors (Lipinski definition) is 4. The molecule has 39 heavy (non-hydrogen) atoms. The van der Waals surface area contributed by atoms with Crippen molar-refractivity contribution in [3.63, 3.8) is 0 Å². The van der Waals surface area contributed by atoms with Crippen LogP contribution in [0, 0.1) is 34.8 Å². The van der Waals surface area contributed by atoms with Gasteiger partial charge in [-0.05, 0) is 67.0 Å². The number of alkyl halides is 2. The molecule has 1 saturated carbocycles. The number of benzene rings is 3. The van der Waals surface area contributed by atoms with Crippen molar-refractivity contribution in [2.75, 3.05) is 13.2 Å². The zero-order valence-corrected chi connectivity index (χ0v) is 21.5. The highest BCUT2D eigenvalue weighted by Gasteiger charge is 2.44. The molecule has 1 heterocycles. The molecule has 1 saturated heterocycles. The van der Waals surface area contributed by atoms with E-state index in [1.165, 1.54) is 24.3 Å². The minimum Gasteiger partial charge on any atom is -0.432 e. The largest absolute Gasteiger partial charge is 0.432 e. The molecule has 0 N–H and O–H groups in total. The fraction of sp³-hybridized carbons (Fsp3) is 0.387. The predicted octanol–water partition coefficient (Wildman–Crippen LogP) is 8.13. The maximum absolute atomic E-state index is 15.0. The number of rotatable bonds is 6. The lowest BCUT2D eigenvalue weighted by Gasteiger charge is -2.33. The van der Waals surface area contributed by atoms with Crippen LogP contribution in [-0.2, 0) is 9.47 Å². The summed E-state index contributed by atoms with van der Waals surface area (Å²) >= 11 is 0. The van der Waals surface area contributed by atoms with Crippen LogP contribution >= 0.6 is 0 Å². The molecular formula is C31H29F4NO3. The summed E-state index contributed by atoms with van der Waals surface area (Å²) in [5, 5.41) is 8.86. The lowest BCUT2D eigenvalue weighted by atomic mass is 9.78. The van der Waals surface area contributed by atoms with Crippen molar-refractivity contribution in [3.8, 4) is 22.9 Å². The highest BCUT2D eigenvalue weighted by atomic mass is 19.3. The van der Waals surface area contributed by atoms with Crippen LogP contribution in [0.25, 0.3) is 11.1 Å². The molecule has 2 aliphatic rings. The average Bonchev–Trinajstić information content (AvgIpc) is 2.93. The van der Waals surface area contributed by atoms with E-state index in [-0.39, 0.29) is 47.5 Å². The number of hydrogen-bond donors (Lipinski definition) is 0. The normalized spacial score (nSPS) is 23.7. The number of ether oxygens (including phenoxy) is 3. The lowest BCUT2D eigenvalue weighted by molar-refractivity contribution is -0.222. The molecule has 3 aromatic carbocycles. The maximum Gasteiger partial charge on any atom is 0.400 e. The van der Waals surface area contributed by atoms with Gasteiger partial charge in [0.05, 0.1) is 24.7 Å². The monoisotopic (exact) mass is 539 g/mol. The van der Waals surface area contributed by atoms with Gasteiger partial charge in [0.15, 0.2) is 6.29 Å². The van der Waals surface area contributed by atoms with Gasteiger partial charge in [0, 0.05) is 23.1 Å². The highest BCUT2D eigenvalue weighted by molar-refractivity contribution is 5.66. The van der Waals surface area contributed by atoms with Crippen LogP contribution < -0.4 is 4.74 Å². The number of nitrogens with zero attached hydrogens (tertiary/aromatic N) is 1. The first-order valence-corrected chi connectivity index (χ1v) is 13.1. The molecule has 0 bridgehead atoms. The van der Waals surface area contributed by atoms with Crippen LogP contribution in [-0.4, -0.2) is 19.3 Å². The molecule has 0 atom stereocenters. The Bertz CT molecular complexity index is 1340. The third-order valence-electron chi connectivity index (χ3n) is 7.54. The molecule has 0 amide bonds. The molecule has 5 rings (SSSR count). The van der Waals surface area contributed by atoms with Crippen LogP contribution in [0.4, 0.5) is 17.6 Å². The van der Waals surface area contributed by atoms with Gasteiger partial charge in [-0.2, -0.15) is 14.0 Å². The third kappa shape index (κ3) is 6.10. The van der Waals surface area contributed by atoms with Gasteiger partial charge in [0.1, 0.15) is 23.5 Å². The molecule has 3 aromatic rings. The van der Waals surface area contributed by atoms with E-state index in [1.807, 2.05) is 24.3 Å². The Labute approximate surface area is 225 Å². The Morgan fingerprint density at radius 3 is 2.13 bits per heavy atom. The van der Waals surface area contributed by atoms with E-state index >= 15 is 8.78 Å². The summed E-state index contributed by atoms with van der Waals surface area (Å²) in [6.45, 7) is 3.38. The molecule has 8 heteroatoms. The van der Waals surface area contributed by atoms with Crippen LogP contribution in [0.2, 0.25) is 0 Å². The molecule has 0 radical (unpaired) electrons. The molecule has 0 spiro atoms. The van der Waals surface area contributed by atoms with Crippen LogP contribution in [0.15, 0.2) is 60.7 Å². The lowest BCUT2D eigenvalue weighted by Crippen LogP contribution is -2.37. The van der Waals surface area contributed by atoms with Gasteiger partial charge < -0.3 is 14.2 Å². The Balaban J connectivity index is 1.18. The van der Waals surface area contributed by atoms with Crippen molar-refractivity contribution >= 4 is 0 Å². The fourth-order valence-corrected chi connectivity index (χ4v) is 5.29. The highest BCUT2D eigenvalue weighted by Crippen LogP contribution is 2.43. The van der Waals surface area contributed by atoms with Crippen molar-refractivity contribution in [1.29, 1.82) is 5.26 Å². The van der Waals surface area contributed by atoms with Gasteiger partial charge in [0.2, 0.25) is 0 Å². The van der Waals surface area contributed by atoms with Crippen molar-refractivity contribution in [2.45, 2.75) is 50.9 Å². The van der Waals surface area contributed by atoms with Gasteiger partial charge in [-0.25, -0.2) is 8.78 Å². The van der Waals surface area contributed by atoms with E-state index in [4.69, 9.17) is 19.5 Å². The quantitative estimate of drug-likeness (QED) is 0.297. The van der Waals surface area contributed by atoms with E-state index < -0.39 is 23.7 Å². The molecule has 204 valence electrons. The van der Waals surface area contributed by atoms with Crippen LogP contribution in [0.1, 0.15) is 61.5 Å². The Kier molecular flexibility index (Phi) is 7.92. The summed E-state index contributed by atoms with van der Waals surface area (Å²) < 4.78 is 75.3. The van der Waals surface area contributed by atoms with Crippen molar-refractivity contribution in [2.24, 2.45) is 11.8 Å². The summed E-state index contributed by atoms with van der Waals surface area (Å²) in [5.74, 6) is -2.35. The van der Waals surface area contributed by atoms with E-state index in [0.717, 1.165) is 23.3 Å². The molecule has 4 nitrogen and oxygen atoms in total. The summed E-state index contributed by atoms with van der Waals surface area (Å²) in [6.07, 6.45) is -2.10. The minimum absolute atomic E-state index is 0.0248. The first kappa shape index (κ1) is 27.2. The topological polar surface area (TPSA) is 51.5 Å². The van der Waals surface area contributed by atoms with Crippen molar-refractivity contribution in [3.05, 3.63) is 89.0 Å². The summed E-state index contributed by atoms with van der Waals surface area (Å²) in [4.78, 5) is 0. The average molecular weight is 540 g/mol. The number of nitriles is 1. The molecule has 1 aliphatic heterocycles. The number of halogens is 4. The zero-order chi connectivity index (χ0) is 27.6. The molecule has 0 aromatic heterocycles. The molecule has 2 fully saturated rings. The standard InChI is InChI=1S/C31H29F4NO3/c1-19-17-37-30(38-18-19)22-4-2-20(3-5-22)21-8-10-25(11-9-21)31(34,35)39-26-12-13-27(29(33)15-26)23-6-7-24(16-36)28(32)14-23/h2-7,12-15,19,21,25,30H,8-11,17-18H2,1H3. The SMILES string of the molecule is CC1COC(c2ccc(C3CCC(C(F)(F)Oc4ccc(-c5ccc(C#N)c(F)c5)c(F)c4)CC3)cc2)OC1. The van der Waals surface area contributed by atoms with E-state index in [9.17, 15) is 8.78 Å². The van der Waals surface area contributed by atoms with Gasteiger partial charge in [0.25, 0.3) is 0 Å². The first-order chi connectivity index (χ1) is 18.7.